The molecule has 0 amide bonds. The van der Waals surface area contributed by atoms with Crippen LogP contribution in [0.5, 0.6) is 0 Å². The molecule has 2 aromatic carbocycles. The highest BCUT2D eigenvalue weighted by Crippen LogP contribution is 2.27. The van der Waals surface area contributed by atoms with Crippen molar-refractivity contribution in [3.63, 3.8) is 0 Å². The molecule has 2 aromatic rings. The Labute approximate surface area is 103 Å². The van der Waals surface area contributed by atoms with Gasteiger partial charge in [-0.1, -0.05) is 54.6 Å². The van der Waals surface area contributed by atoms with E-state index in [9.17, 15) is 4.89 Å². The van der Waals surface area contributed by atoms with Crippen LogP contribution in [-0.2, 0) is 11.3 Å². The van der Waals surface area contributed by atoms with Gasteiger partial charge in [-0.05, 0) is 5.56 Å². The second-order valence-corrected chi connectivity index (χ2v) is 5.40. The van der Waals surface area contributed by atoms with Crippen molar-refractivity contribution in [3.8, 4) is 0 Å². The van der Waals surface area contributed by atoms with Crippen LogP contribution in [0.3, 0.4) is 0 Å². The standard InChI is InChI=1S/C14H15O2P/c1-16-11-12-7-9-14(10-8-12)17(15)13-5-3-2-4-6-13/h2-10,15H,11H2,1H3. The summed E-state index contributed by atoms with van der Waals surface area (Å²) >= 11 is 0. The molecule has 1 atom stereocenters. The van der Waals surface area contributed by atoms with Crippen molar-refractivity contribution < 1.29 is 9.63 Å². The number of rotatable bonds is 4. The molecule has 0 heterocycles. The first-order valence-corrected chi connectivity index (χ1v) is 6.72. The van der Waals surface area contributed by atoms with Crippen LogP contribution in [-0.4, -0.2) is 12.0 Å². The van der Waals surface area contributed by atoms with Gasteiger partial charge in [0.1, 0.15) is 0 Å². The van der Waals surface area contributed by atoms with E-state index in [1.54, 1.807) is 7.11 Å². The first-order valence-electron chi connectivity index (χ1n) is 5.43. The van der Waals surface area contributed by atoms with Crippen LogP contribution in [0.2, 0.25) is 0 Å². The van der Waals surface area contributed by atoms with Crippen LogP contribution in [0.15, 0.2) is 54.6 Å². The van der Waals surface area contributed by atoms with E-state index in [0.29, 0.717) is 6.61 Å². The Morgan fingerprint density at radius 1 is 0.941 bits per heavy atom. The van der Waals surface area contributed by atoms with Gasteiger partial charge in [0, 0.05) is 17.7 Å². The third kappa shape index (κ3) is 3.13. The van der Waals surface area contributed by atoms with Crippen LogP contribution in [0.25, 0.3) is 0 Å². The predicted molar refractivity (Wildman–Crippen MR) is 72.0 cm³/mol. The fourth-order valence-electron chi connectivity index (χ4n) is 1.62. The maximum atomic E-state index is 10.2. The van der Waals surface area contributed by atoms with Crippen LogP contribution in [0.1, 0.15) is 5.56 Å². The molecule has 0 saturated carbocycles. The summed E-state index contributed by atoms with van der Waals surface area (Å²) in [6.45, 7) is 0.606. The molecule has 3 heteroatoms. The Morgan fingerprint density at radius 3 is 2.12 bits per heavy atom. The predicted octanol–water partition coefficient (Wildman–Crippen LogP) is 2.17. The van der Waals surface area contributed by atoms with Crippen LogP contribution in [0, 0.1) is 0 Å². The van der Waals surface area contributed by atoms with Gasteiger partial charge in [-0.15, -0.1) is 0 Å². The second-order valence-electron chi connectivity index (χ2n) is 3.75. The summed E-state index contributed by atoms with van der Waals surface area (Å²) in [6, 6.07) is 17.7. The Bertz CT molecular complexity index is 453. The minimum Gasteiger partial charge on any atom is -0.380 e. The van der Waals surface area contributed by atoms with Gasteiger partial charge >= 0.3 is 0 Å². The molecule has 1 unspecified atom stereocenters. The quantitative estimate of drug-likeness (QED) is 0.838. The molecule has 0 aliphatic heterocycles. The van der Waals surface area contributed by atoms with Crippen molar-refractivity contribution >= 4 is 18.8 Å². The van der Waals surface area contributed by atoms with Crippen molar-refractivity contribution in [2.75, 3.05) is 7.11 Å². The molecule has 0 aliphatic rings. The third-order valence-electron chi connectivity index (χ3n) is 2.49. The summed E-state index contributed by atoms with van der Waals surface area (Å²) in [5.41, 5.74) is 1.12. The zero-order valence-electron chi connectivity index (χ0n) is 9.71. The minimum atomic E-state index is -1.23. The highest BCUT2D eigenvalue weighted by molar-refractivity contribution is 7.67. The lowest BCUT2D eigenvalue weighted by Crippen LogP contribution is -2.10. The molecule has 2 rings (SSSR count). The molecule has 1 N–H and O–H groups in total. The molecule has 88 valence electrons. The van der Waals surface area contributed by atoms with Gasteiger partial charge in [-0.25, -0.2) is 0 Å². The largest absolute Gasteiger partial charge is 0.380 e. The summed E-state index contributed by atoms with van der Waals surface area (Å²) in [4.78, 5) is 10.2. The minimum absolute atomic E-state index is 0.606. The third-order valence-corrected chi connectivity index (χ3v) is 4.07. The summed E-state index contributed by atoms with van der Waals surface area (Å²) in [5.74, 6) is 0. The van der Waals surface area contributed by atoms with Crippen LogP contribution in [0.4, 0.5) is 0 Å². The van der Waals surface area contributed by atoms with Crippen molar-refractivity contribution in [1.29, 1.82) is 0 Å². The maximum Gasteiger partial charge on any atom is 0.0877 e. The SMILES string of the molecule is COCc1ccc(P(O)c2ccccc2)cc1. The molecule has 0 spiro atoms. The highest BCUT2D eigenvalue weighted by atomic mass is 31.1. The topological polar surface area (TPSA) is 29.5 Å². The molecule has 0 aliphatic carbocycles. The van der Waals surface area contributed by atoms with E-state index in [-0.39, 0.29) is 0 Å². The normalized spacial score (nSPS) is 12.4. The summed E-state index contributed by atoms with van der Waals surface area (Å²) in [5, 5.41) is 1.94. The molecule has 0 radical (unpaired) electrons. The van der Waals surface area contributed by atoms with Gasteiger partial charge in [0.25, 0.3) is 0 Å². The zero-order chi connectivity index (χ0) is 12.1. The summed E-state index contributed by atoms with van der Waals surface area (Å²) in [7, 11) is 0.444. The van der Waals surface area contributed by atoms with E-state index in [1.807, 2.05) is 54.6 Å². The smallest absolute Gasteiger partial charge is 0.0877 e. The Kier molecular flexibility index (Phi) is 4.27. The molecule has 0 saturated heterocycles. The van der Waals surface area contributed by atoms with E-state index in [0.717, 1.165) is 16.2 Å². The van der Waals surface area contributed by atoms with Gasteiger partial charge in [-0.3, -0.25) is 0 Å². The summed E-state index contributed by atoms with van der Waals surface area (Å²) in [6.07, 6.45) is 0. The van der Waals surface area contributed by atoms with Crippen molar-refractivity contribution in [3.05, 3.63) is 60.2 Å². The van der Waals surface area contributed by atoms with Crippen molar-refractivity contribution in [2.45, 2.75) is 6.61 Å². The number of benzene rings is 2. The van der Waals surface area contributed by atoms with E-state index < -0.39 is 8.15 Å². The Hall–Kier alpha value is -1.21. The molecule has 0 aromatic heterocycles. The molecule has 0 bridgehead atoms. The van der Waals surface area contributed by atoms with Crippen molar-refractivity contribution in [2.24, 2.45) is 0 Å². The van der Waals surface area contributed by atoms with Gasteiger partial charge in [0.05, 0.1) is 14.8 Å². The fourth-order valence-corrected chi connectivity index (χ4v) is 2.80. The van der Waals surface area contributed by atoms with E-state index >= 15 is 0 Å². The van der Waals surface area contributed by atoms with Gasteiger partial charge < -0.3 is 9.63 Å². The average Bonchev–Trinajstić information content (AvgIpc) is 2.40. The van der Waals surface area contributed by atoms with Gasteiger partial charge in [0.15, 0.2) is 0 Å². The number of ether oxygens (including phenoxy) is 1. The molecular weight excluding hydrogens is 231 g/mol. The number of hydrogen-bond donors (Lipinski definition) is 1. The fraction of sp³-hybridized carbons (Fsp3) is 0.143. The number of methoxy groups -OCH3 is 1. The van der Waals surface area contributed by atoms with E-state index in [4.69, 9.17) is 4.74 Å². The second kappa shape index (κ2) is 5.92. The Morgan fingerprint density at radius 2 is 1.53 bits per heavy atom. The molecular formula is C14H15O2P. The lowest BCUT2D eigenvalue weighted by Gasteiger charge is -2.11. The molecule has 0 fully saturated rings. The van der Waals surface area contributed by atoms with Gasteiger partial charge in [-0.2, -0.15) is 0 Å². The maximum absolute atomic E-state index is 10.2. The van der Waals surface area contributed by atoms with Crippen molar-refractivity contribution in [1.82, 2.24) is 0 Å². The van der Waals surface area contributed by atoms with Crippen LogP contribution < -0.4 is 10.6 Å². The molecule has 2 nitrogen and oxygen atoms in total. The molecule has 17 heavy (non-hydrogen) atoms. The van der Waals surface area contributed by atoms with Gasteiger partial charge in [0.2, 0.25) is 0 Å². The lowest BCUT2D eigenvalue weighted by atomic mass is 10.2. The number of hydrogen-bond acceptors (Lipinski definition) is 2. The zero-order valence-corrected chi connectivity index (χ0v) is 10.6. The first-order chi connectivity index (χ1) is 8.31. The highest BCUT2D eigenvalue weighted by Gasteiger charge is 2.09. The lowest BCUT2D eigenvalue weighted by molar-refractivity contribution is 0.185. The van der Waals surface area contributed by atoms with E-state index in [1.165, 1.54) is 0 Å². The van der Waals surface area contributed by atoms with Crippen LogP contribution >= 0.6 is 8.15 Å². The summed E-state index contributed by atoms with van der Waals surface area (Å²) < 4.78 is 5.06. The average molecular weight is 246 g/mol. The van der Waals surface area contributed by atoms with E-state index in [2.05, 4.69) is 0 Å². The Balaban J connectivity index is 2.17. The first kappa shape index (κ1) is 12.3. The monoisotopic (exact) mass is 246 g/mol.